The van der Waals surface area contributed by atoms with E-state index < -0.39 is 23.4 Å². The molecule has 0 saturated heterocycles. The summed E-state index contributed by atoms with van der Waals surface area (Å²) in [7, 11) is 0. The number of nitrogens with zero attached hydrogens (tertiary/aromatic N) is 1. The normalized spacial score (nSPS) is 10.2. The molecule has 0 aliphatic carbocycles. The van der Waals surface area contributed by atoms with Gasteiger partial charge in [-0.2, -0.15) is 0 Å². The lowest BCUT2D eigenvalue weighted by Gasteiger charge is -2.09. The molecule has 1 amide bonds. The van der Waals surface area contributed by atoms with Crippen LogP contribution < -0.4 is 5.32 Å². The Balaban J connectivity index is 1.97. The maximum atomic E-state index is 12.1. The van der Waals surface area contributed by atoms with Gasteiger partial charge in [0.05, 0.1) is 21.2 Å². The lowest BCUT2D eigenvalue weighted by Crippen LogP contribution is -2.21. The van der Waals surface area contributed by atoms with E-state index in [4.69, 9.17) is 16.3 Å². The van der Waals surface area contributed by atoms with Crippen molar-refractivity contribution in [3.05, 3.63) is 63.2 Å². The third kappa shape index (κ3) is 4.94. The van der Waals surface area contributed by atoms with E-state index in [-0.39, 0.29) is 16.4 Å². The Morgan fingerprint density at radius 1 is 1.28 bits per heavy atom. The molecule has 9 heteroatoms. The fraction of sp³-hybridized carbons (Fsp3) is 0.125. The molecule has 0 unspecified atom stereocenters. The predicted molar refractivity (Wildman–Crippen MR) is 95.2 cm³/mol. The van der Waals surface area contributed by atoms with Crippen molar-refractivity contribution in [2.45, 2.75) is 4.90 Å². The number of rotatable bonds is 6. The van der Waals surface area contributed by atoms with Crippen molar-refractivity contribution in [3.8, 4) is 0 Å². The summed E-state index contributed by atoms with van der Waals surface area (Å²) in [6.07, 6.45) is 1.83. The van der Waals surface area contributed by atoms with Gasteiger partial charge in [0, 0.05) is 17.0 Å². The fourth-order valence-electron chi connectivity index (χ4n) is 1.93. The van der Waals surface area contributed by atoms with Crippen LogP contribution in [0.3, 0.4) is 0 Å². The Morgan fingerprint density at radius 2 is 2.00 bits per heavy atom. The van der Waals surface area contributed by atoms with Crippen LogP contribution in [0.2, 0.25) is 5.02 Å². The first-order valence-corrected chi connectivity index (χ1v) is 8.56. The van der Waals surface area contributed by atoms with Gasteiger partial charge in [-0.3, -0.25) is 14.9 Å². The first-order valence-electron chi connectivity index (χ1n) is 6.96. The summed E-state index contributed by atoms with van der Waals surface area (Å²) >= 11 is 7.28. The highest BCUT2D eigenvalue weighted by molar-refractivity contribution is 7.98. The van der Waals surface area contributed by atoms with Crippen molar-refractivity contribution < 1.29 is 19.2 Å². The lowest BCUT2D eigenvalue weighted by molar-refractivity contribution is -0.384. The Hall–Kier alpha value is -2.58. The van der Waals surface area contributed by atoms with Gasteiger partial charge in [0.2, 0.25) is 0 Å². The van der Waals surface area contributed by atoms with Crippen LogP contribution in [0.4, 0.5) is 11.4 Å². The van der Waals surface area contributed by atoms with E-state index in [9.17, 15) is 19.7 Å². The van der Waals surface area contributed by atoms with Crippen LogP contribution in [-0.2, 0) is 9.53 Å². The molecule has 7 nitrogen and oxygen atoms in total. The van der Waals surface area contributed by atoms with Crippen molar-refractivity contribution in [2.24, 2.45) is 0 Å². The Labute approximate surface area is 152 Å². The standard InChI is InChI=1S/C16H13ClN2O5S/c1-25-14-5-3-2-4-11(14)16(21)24-9-15(20)18-13-7-6-10(19(22)23)8-12(13)17/h2-8H,9H2,1H3,(H,18,20). The molecule has 0 aromatic heterocycles. The van der Waals surface area contributed by atoms with E-state index in [0.29, 0.717) is 5.56 Å². The van der Waals surface area contributed by atoms with Gasteiger partial charge >= 0.3 is 5.97 Å². The van der Waals surface area contributed by atoms with E-state index in [1.54, 1.807) is 24.3 Å². The summed E-state index contributed by atoms with van der Waals surface area (Å²) in [4.78, 5) is 34.7. The smallest absolute Gasteiger partial charge is 0.339 e. The van der Waals surface area contributed by atoms with Crippen LogP contribution in [0, 0.1) is 10.1 Å². The molecule has 0 aliphatic rings. The molecule has 1 N–H and O–H groups in total. The van der Waals surface area contributed by atoms with Crippen LogP contribution in [0.1, 0.15) is 10.4 Å². The van der Waals surface area contributed by atoms with Gasteiger partial charge in [0.25, 0.3) is 11.6 Å². The average Bonchev–Trinajstić information content (AvgIpc) is 2.61. The first-order chi connectivity index (χ1) is 11.9. The van der Waals surface area contributed by atoms with Gasteiger partial charge in [-0.15, -0.1) is 11.8 Å². The van der Waals surface area contributed by atoms with Gasteiger partial charge in [-0.05, 0) is 24.5 Å². The number of hydrogen-bond donors (Lipinski definition) is 1. The molecule has 0 bridgehead atoms. The number of benzene rings is 2. The quantitative estimate of drug-likeness (QED) is 0.354. The maximum absolute atomic E-state index is 12.1. The molecule has 130 valence electrons. The van der Waals surface area contributed by atoms with Crippen molar-refractivity contribution >= 4 is 46.6 Å². The van der Waals surface area contributed by atoms with Crippen LogP contribution in [-0.4, -0.2) is 29.7 Å². The maximum Gasteiger partial charge on any atom is 0.339 e. The number of esters is 1. The molecule has 0 fully saturated rings. The minimum absolute atomic E-state index is 0.0154. The number of carbonyl (C=O) groups excluding carboxylic acids is 2. The first kappa shape index (κ1) is 18.8. The van der Waals surface area contributed by atoms with Crippen molar-refractivity contribution in [2.75, 3.05) is 18.2 Å². The fourth-order valence-corrected chi connectivity index (χ4v) is 2.74. The largest absolute Gasteiger partial charge is 0.452 e. The number of carbonyl (C=O) groups is 2. The summed E-state index contributed by atoms with van der Waals surface area (Å²) in [6.45, 7) is -0.505. The minimum Gasteiger partial charge on any atom is -0.452 e. The van der Waals surface area contributed by atoms with Crippen LogP contribution in [0.15, 0.2) is 47.4 Å². The molecule has 2 rings (SSSR count). The summed E-state index contributed by atoms with van der Waals surface area (Å²) in [5.41, 5.74) is 0.372. The third-order valence-corrected chi connectivity index (χ3v) is 4.21. The van der Waals surface area contributed by atoms with Crippen LogP contribution in [0.5, 0.6) is 0 Å². The minimum atomic E-state index is -0.616. The highest BCUT2D eigenvalue weighted by Crippen LogP contribution is 2.26. The number of anilines is 1. The number of thioether (sulfide) groups is 1. The highest BCUT2D eigenvalue weighted by atomic mass is 35.5. The van der Waals surface area contributed by atoms with Gasteiger partial charge in [-0.1, -0.05) is 23.7 Å². The summed E-state index contributed by atoms with van der Waals surface area (Å²) in [5, 5.41) is 13.1. The second-order valence-corrected chi connectivity index (χ2v) is 6.00. The number of hydrogen-bond acceptors (Lipinski definition) is 6. The van der Waals surface area contributed by atoms with Gasteiger partial charge in [-0.25, -0.2) is 4.79 Å². The zero-order valence-corrected chi connectivity index (χ0v) is 14.6. The zero-order valence-electron chi connectivity index (χ0n) is 13.0. The average molecular weight is 381 g/mol. The number of non-ortho nitro benzene ring substituents is 1. The van der Waals surface area contributed by atoms with E-state index in [1.807, 2.05) is 6.26 Å². The van der Waals surface area contributed by atoms with Crippen molar-refractivity contribution in [3.63, 3.8) is 0 Å². The van der Waals surface area contributed by atoms with Crippen molar-refractivity contribution in [1.29, 1.82) is 0 Å². The molecule has 0 radical (unpaired) electrons. The number of amides is 1. The van der Waals surface area contributed by atoms with Crippen LogP contribution >= 0.6 is 23.4 Å². The molecule has 2 aromatic carbocycles. The number of nitrogens with one attached hydrogen (secondary N) is 1. The Morgan fingerprint density at radius 3 is 2.64 bits per heavy atom. The highest BCUT2D eigenvalue weighted by Gasteiger charge is 2.15. The van der Waals surface area contributed by atoms with E-state index in [2.05, 4.69) is 5.32 Å². The Kier molecular flexibility index (Phi) is 6.37. The number of ether oxygens (including phenoxy) is 1. The second kappa shape index (κ2) is 8.50. The van der Waals surface area contributed by atoms with Crippen LogP contribution in [0.25, 0.3) is 0 Å². The topological polar surface area (TPSA) is 98.5 Å². The molecule has 0 atom stereocenters. The lowest BCUT2D eigenvalue weighted by atomic mass is 10.2. The van der Waals surface area contributed by atoms with Gasteiger partial charge in [0.15, 0.2) is 6.61 Å². The second-order valence-electron chi connectivity index (χ2n) is 4.75. The molecule has 0 spiro atoms. The molecule has 2 aromatic rings. The summed E-state index contributed by atoms with van der Waals surface area (Å²) in [5.74, 6) is -1.22. The summed E-state index contributed by atoms with van der Waals surface area (Å²) in [6, 6.07) is 10.5. The molecule has 0 heterocycles. The Bertz CT molecular complexity index is 828. The zero-order chi connectivity index (χ0) is 18.4. The number of nitro benzene ring substituents is 1. The van der Waals surface area contributed by atoms with E-state index >= 15 is 0 Å². The van der Waals surface area contributed by atoms with Crippen molar-refractivity contribution in [1.82, 2.24) is 0 Å². The molecular formula is C16H13ClN2O5S. The molecule has 0 aliphatic heterocycles. The molecular weight excluding hydrogens is 368 g/mol. The van der Waals surface area contributed by atoms with E-state index in [1.165, 1.54) is 23.9 Å². The SMILES string of the molecule is CSc1ccccc1C(=O)OCC(=O)Nc1ccc([N+](=O)[O-])cc1Cl. The molecule has 25 heavy (non-hydrogen) atoms. The van der Waals surface area contributed by atoms with Gasteiger partial charge in [0.1, 0.15) is 0 Å². The molecule has 0 saturated carbocycles. The predicted octanol–water partition coefficient (Wildman–Crippen LogP) is 3.77. The number of halogens is 1. The third-order valence-electron chi connectivity index (χ3n) is 3.10. The van der Waals surface area contributed by atoms with Gasteiger partial charge < -0.3 is 10.1 Å². The summed E-state index contributed by atoms with van der Waals surface area (Å²) < 4.78 is 4.99. The number of nitro groups is 1. The monoisotopic (exact) mass is 380 g/mol. The van der Waals surface area contributed by atoms with E-state index in [0.717, 1.165) is 11.0 Å².